The second-order valence-corrected chi connectivity index (χ2v) is 5.24. The average molecular weight is 312 g/mol. The van der Waals surface area contributed by atoms with Crippen molar-refractivity contribution in [1.29, 1.82) is 0 Å². The quantitative estimate of drug-likeness (QED) is 0.738. The van der Waals surface area contributed by atoms with Gasteiger partial charge in [-0.1, -0.05) is 12.1 Å². The zero-order valence-corrected chi connectivity index (χ0v) is 12.7. The molecule has 0 saturated carbocycles. The van der Waals surface area contributed by atoms with E-state index in [0.29, 0.717) is 24.4 Å². The van der Waals surface area contributed by atoms with E-state index in [9.17, 15) is 9.59 Å². The van der Waals surface area contributed by atoms with Crippen molar-refractivity contribution >= 4 is 24.2 Å². The van der Waals surface area contributed by atoms with E-state index in [1.165, 1.54) is 0 Å². The van der Waals surface area contributed by atoms with Crippen LogP contribution in [0.4, 0.5) is 0 Å². The van der Waals surface area contributed by atoms with Gasteiger partial charge in [0.2, 0.25) is 11.8 Å². The van der Waals surface area contributed by atoms with Crippen LogP contribution in [0.25, 0.3) is 0 Å². The van der Waals surface area contributed by atoms with E-state index >= 15 is 0 Å². The van der Waals surface area contributed by atoms with Gasteiger partial charge >= 0.3 is 0 Å². The van der Waals surface area contributed by atoms with Gasteiger partial charge in [0.25, 0.3) is 0 Å². The van der Waals surface area contributed by atoms with E-state index in [4.69, 9.17) is 5.73 Å². The minimum atomic E-state index is -0.452. The molecule has 21 heavy (non-hydrogen) atoms. The van der Waals surface area contributed by atoms with Gasteiger partial charge in [-0.2, -0.15) is 0 Å². The molecule has 5 nitrogen and oxygen atoms in total. The Kier molecular flexibility index (Phi) is 7.19. The minimum Gasteiger partial charge on any atom is -0.366 e. The lowest BCUT2D eigenvalue weighted by atomic mass is 10.0. The maximum absolute atomic E-state index is 11.8. The summed E-state index contributed by atoms with van der Waals surface area (Å²) in [7, 11) is 0. The van der Waals surface area contributed by atoms with E-state index in [-0.39, 0.29) is 18.3 Å². The molecule has 0 radical (unpaired) electrons. The molecule has 0 bridgehead atoms. The fourth-order valence-corrected chi connectivity index (χ4v) is 2.42. The lowest BCUT2D eigenvalue weighted by Crippen LogP contribution is -2.23. The third-order valence-electron chi connectivity index (χ3n) is 3.64. The zero-order valence-electron chi connectivity index (χ0n) is 11.9. The van der Waals surface area contributed by atoms with Crippen LogP contribution >= 0.6 is 12.4 Å². The predicted octanol–water partition coefficient (Wildman–Crippen LogP) is 1.21. The number of hydrogen-bond donors (Lipinski definition) is 3. The van der Waals surface area contributed by atoms with E-state index in [1.54, 1.807) is 18.2 Å². The fraction of sp³-hybridized carbons (Fsp3) is 0.467. The Balaban J connectivity index is 0.00000220. The van der Waals surface area contributed by atoms with Crippen LogP contribution in [0.1, 0.15) is 35.2 Å². The molecule has 116 valence electrons. The molecule has 0 aliphatic carbocycles. The van der Waals surface area contributed by atoms with Crippen molar-refractivity contribution in [2.24, 2.45) is 11.7 Å². The number of amides is 2. The summed E-state index contributed by atoms with van der Waals surface area (Å²) in [4.78, 5) is 22.8. The number of benzene rings is 1. The first-order chi connectivity index (χ1) is 9.65. The van der Waals surface area contributed by atoms with E-state index in [2.05, 4.69) is 10.6 Å². The standard InChI is InChI=1S/C15H21N3O2.ClH/c16-15(20)13-3-1-2-12(8-13)10-18-14(19)5-4-11-6-7-17-9-11;/h1-3,8,11,17H,4-7,9-10H2,(H2,16,20)(H,18,19);1H. The van der Waals surface area contributed by atoms with Gasteiger partial charge in [0, 0.05) is 18.5 Å². The van der Waals surface area contributed by atoms with Crippen LogP contribution in [0.3, 0.4) is 0 Å². The number of hydrogen-bond acceptors (Lipinski definition) is 3. The second-order valence-electron chi connectivity index (χ2n) is 5.24. The molecule has 1 aromatic carbocycles. The third kappa shape index (κ3) is 5.73. The van der Waals surface area contributed by atoms with Gasteiger partial charge in [-0.15, -0.1) is 12.4 Å². The summed E-state index contributed by atoms with van der Waals surface area (Å²) >= 11 is 0. The van der Waals surface area contributed by atoms with E-state index in [1.807, 2.05) is 6.07 Å². The normalized spacial score (nSPS) is 17.0. The Morgan fingerprint density at radius 1 is 1.38 bits per heavy atom. The van der Waals surface area contributed by atoms with Crippen LogP contribution in [-0.4, -0.2) is 24.9 Å². The molecule has 1 aliphatic rings. The topological polar surface area (TPSA) is 84.2 Å². The van der Waals surface area contributed by atoms with E-state index in [0.717, 1.165) is 31.5 Å². The predicted molar refractivity (Wildman–Crippen MR) is 84.3 cm³/mol. The van der Waals surface area contributed by atoms with Crippen LogP contribution in [0.2, 0.25) is 0 Å². The van der Waals surface area contributed by atoms with Crippen LogP contribution in [0, 0.1) is 5.92 Å². The van der Waals surface area contributed by atoms with Crippen molar-refractivity contribution in [2.75, 3.05) is 13.1 Å². The Morgan fingerprint density at radius 2 is 2.19 bits per heavy atom. The van der Waals surface area contributed by atoms with Gasteiger partial charge in [0.15, 0.2) is 0 Å². The third-order valence-corrected chi connectivity index (χ3v) is 3.64. The second kappa shape index (κ2) is 8.64. The Morgan fingerprint density at radius 3 is 2.86 bits per heavy atom. The van der Waals surface area contributed by atoms with Gasteiger partial charge in [-0.3, -0.25) is 9.59 Å². The molecule has 1 atom stereocenters. The van der Waals surface area contributed by atoms with Crippen molar-refractivity contribution in [3.63, 3.8) is 0 Å². The van der Waals surface area contributed by atoms with Crippen molar-refractivity contribution in [3.05, 3.63) is 35.4 Å². The number of nitrogens with one attached hydrogen (secondary N) is 2. The van der Waals surface area contributed by atoms with Crippen LogP contribution < -0.4 is 16.4 Å². The average Bonchev–Trinajstić information content (AvgIpc) is 2.96. The Labute approximate surface area is 131 Å². The van der Waals surface area contributed by atoms with Crippen molar-refractivity contribution in [2.45, 2.75) is 25.8 Å². The smallest absolute Gasteiger partial charge is 0.248 e. The number of rotatable bonds is 6. The summed E-state index contributed by atoms with van der Waals surface area (Å²) in [5, 5.41) is 6.17. The first kappa shape index (κ1) is 17.5. The fourth-order valence-electron chi connectivity index (χ4n) is 2.42. The first-order valence-corrected chi connectivity index (χ1v) is 7.01. The highest BCUT2D eigenvalue weighted by atomic mass is 35.5. The maximum atomic E-state index is 11.8. The summed E-state index contributed by atoms with van der Waals surface area (Å²) < 4.78 is 0. The summed E-state index contributed by atoms with van der Waals surface area (Å²) in [6, 6.07) is 7.02. The Hall–Kier alpha value is -1.59. The SMILES string of the molecule is Cl.NC(=O)c1cccc(CNC(=O)CCC2CCNC2)c1. The van der Waals surface area contributed by atoms with Crippen molar-refractivity contribution in [3.8, 4) is 0 Å². The van der Waals surface area contributed by atoms with Crippen LogP contribution in [-0.2, 0) is 11.3 Å². The molecule has 6 heteroatoms. The summed E-state index contributed by atoms with van der Waals surface area (Å²) in [5.74, 6) is 0.229. The summed E-state index contributed by atoms with van der Waals surface area (Å²) in [6.07, 6.45) is 2.65. The number of carbonyl (C=O) groups excluding carboxylic acids is 2. The molecular weight excluding hydrogens is 290 g/mol. The molecule has 1 heterocycles. The summed E-state index contributed by atoms with van der Waals surface area (Å²) in [6.45, 7) is 2.52. The monoisotopic (exact) mass is 311 g/mol. The van der Waals surface area contributed by atoms with Gasteiger partial charge in [0.05, 0.1) is 0 Å². The van der Waals surface area contributed by atoms with Gasteiger partial charge in [0.1, 0.15) is 0 Å². The molecule has 2 amide bonds. The van der Waals surface area contributed by atoms with Crippen molar-refractivity contribution in [1.82, 2.24) is 10.6 Å². The largest absolute Gasteiger partial charge is 0.366 e. The molecule has 4 N–H and O–H groups in total. The molecule has 1 fully saturated rings. The molecular formula is C15H22ClN3O2. The molecule has 1 saturated heterocycles. The highest BCUT2D eigenvalue weighted by molar-refractivity contribution is 5.92. The maximum Gasteiger partial charge on any atom is 0.248 e. The summed E-state index contributed by atoms with van der Waals surface area (Å²) in [5.41, 5.74) is 6.58. The lowest BCUT2D eigenvalue weighted by molar-refractivity contribution is -0.121. The molecule has 1 aromatic rings. The highest BCUT2D eigenvalue weighted by Crippen LogP contribution is 2.14. The van der Waals surface area contributed by atoms with E-state index < -0.39 is 5.91 Å². The number of carbonyl (C=O) groups is 2. The molecule has 2 rings (SSSR count). The first-order valence-electron chi connectivity index (χ1n) is 7.01. The number of primary amides is 1. The minimum absolute atomic E-state index is 0. The van der Waals surface area contributed by atoms with Crippen molar-refractivity contribution < 1.29 is 9.59 Å². The number of nitrogens with two attached hydrogens (primary N) is 1. The molecule has 1 aliphatic heterocycles. The molecule has 0 spiro atoms. The van der Waals surface area contributed by atoms with Crippen LogP contribution in [0.5, 0.6) is 0 Å². The Bertz CT molecular complexity index is 488. The molecule has 0 aromatic heterocycles. The van der Waals surface area contributed by atoms with Crippen LogP contribution in [0.15, 0.2) is 24.3 Å². The van der Waals surface area contributed by atoms with Gasteiger partial charge in [-0.25, -0.2) is 0 Å². The lowest BCUT2D eigenvalue weighted by Gasteiger charge is -2.09. The highest BCUT2D eigenvalue weighted by Gasteiger charge is 2.15. The van der Waals surface area contributed by atoms with Gasteiger partial charge < -0.3 is 16.4 Å². The number of halogens is 1. The zero-order chi connectivity index (χ0) is 14.4. The van der Waals surface area contributed by atoms with Gasteiger partial charge in [-0.05, 0) is 49.5 Å². The molecule has 1 unspecified atom stereocenters.